The Labute approximate surface area is 145 Å². The molecule has 2 amide bonds. The number of benzene rings is 1. The lowest BCUT2D eigenvalue weighted by Crippen LogP contribution is -2.46. The first-order chi connectivity index (χ1) is 12.0. The molecule has 0 radical (unpaired) electrons. The van der Waals surface area contributed by atoms with Crippen molar-refractivity contribution in [3.05, 3.63) is 46.0 Å². The summed E-state index contributed by atoms with van der Waals surface area (Å²) >= 11 is 0. The molecule has 1 aliphatic heterocycles. The minimum atomic E-state index is -0.469. The monoisotopic (exact) mass is 347 g/mol. The average Bonchev–Trinajstić information content (AvgIpc) is 2.61. The van der Waals surface area contributed by atoms with Crippen molar-refractivity contribution in [1.29, 1.82) is 0 Å². The quantitative estimate of drug-likeness (QED) is 0.500. The van der Waals surface area contributed by atoms with Crippen LogP contribution in [0.25, 0.3) is 6.08 Å². The SMILES string of the molecule is CCOC(=O)N1CCC(NC(=O)/C=C/c2ccc([N+](=O)[O-])cc2)CC1. The van der Waals surface area contributed by atoms with Gasteiger partial charge in [-0.25, -0.2) is 4.79 Å². The summed E-state index contributed by atoms with van der Waals surface area (Å²) < 4.78 is 4.95. The number of amides is 2. The van der Waals surface area contributed by atoms with Crippen LogP contribution in [-0.2, 0) is 9.53 Å². The molecule has 0 aliphatic carbocycles. The van der Waals surface area contributed by atoms with Gasteiger partial charge in [-0.3, -0.25) is 14.9 Å². The maximum absolute atomic E-state index is 12.0. The number of carbonyl (C=O) groups is 2. The second kappa shape index (κ2) is 8.81. The highest BCUT2D eigenvalue weighted by Gasteiger charge is 2.23. The van der Waals surface area contributed by atoms with Gasteiger partial charge in [0.15, 0.2) is 0 Å². The van der Waals surface area contributed by atoms with Gasteiger partial charge < -0.3 is 15.0 Å². The summed E-state index contributed by atoms with van der Waals surface area (Å²) in [4.78, 5) is 35.3. The number of nitrogens with one attached hydrogen (secondary N) is 1. The van der Waals surface area contributed by atoms with Crippen molar-refractivity contribution in [1.82, 2.24) is 10.2 Å². The molecule has 1 saturated heterocycles. The molecule has 1 aromatic carbocycles. The Morgan fingerprint density at radius 3 is 2.52 bits per heavy atom. The fourth-order valence-corrected chi connectivity index (χ4v) is 2.55. The van der Waals surface area contributed by atoms with E-state index in [1.54, 1.807) is 30.0 Å². The maximum atomic E-state index is 12.0. The molecule has 1 fully saturated rings. The largest absolute Gasteiger partial charge is 0.450 e. The van der Waals surface area contributed by atoms with Crippen molar-refractivity contribution in [3.8, 4) is 0 Å². The number of rotatable bonds is 5. The molecule has 8 nitrogen and oxygen atoms in total. The van der Waals surface area contributed by atoms with Crippen LogP contribution < -0.4 is 5.32 Å². The highest BCUT2D eigenvalue weighted by Crippen LogP contribution is 2.14. The first-order valence-corrected chi connectivity index (χ1v) is 8.14. The molecular formula is C17H21N3O5. The van der Waals surface area contributed by atoms with Crippen molar-refractivity contribution in [2.75, 3.05) is 19.7 Å². The number of piperidine rings is 1. The first-order valence-electron chi connectivity index (χ1n) is 8.14. The molecule has 0 aromatic heterocycles. The van der Waals surface area contributed by atoms with Crippen LogP contribution in [0.1, 0.15) is 25.3 Å². The van der Waals surface area contributed by atoms with E-state index >= 15 is 0 Å². The minimum absolute atomic E-state index is 0.00922. The zero-order valence-electron chi connectivity index (χ0n) is 14.0. The standard InChI is InChI=1S/C17H21N3O5/c1-2-25-17(22)19-11-9-14(10-12-19)18-16(21)8-5-13-3-6-15(7-4-13)20(23)24/h3-8,14H,2,9-12H2,1H3,(H,18,21)/b8-5+. The highest BCUT2D eigenvalue weighted by atomic mass is 16.6. The highest BCUT2D eigenvalue weighted by molar-refractivity contribution is 5.91. The maximum Gasteiger partial charge on any atom is 0.409 e. The van der Waals surface area contributed by atoms with E-state index in [4.69, 9.17) is 4.74 Å². The zero-order valence-corrected chi connectivity index (χ0v) is 14.0. The van der Waals surface area contributed by atoms with E-state index < -0.39 is 4.92 Å². The van der Waals surface area contributed by atoms with Gasteiger partial charge in [-0.05, 0) is 43.5 Å². The van der Waals surface area contributed by atoms with Gasteiger partial charge in [-0.2, -0.15) is 0 Å². The van der Waals surface area contributed by atoms with Gasteiger partial charge in [-0.1, -0.05) is 0 Å². The van der Waals surface area contributed by atoms with E-state index in [1.165, 1.54) is 18.2 Å². The molecule has 1 aromatic rings. The molecule has 0 unspecified atom stereocenters. The van der Waals surface area contributed by atoms with E-state index in [9.17, 15) is 19.7 Å². The van der Waals surface area contributed by atoms with Crippen molar-refractivity contribution in [2.24, 2.45) is 0 Å². The zero-order chi connectivity index (χ0) is 18.2. The van der Waals surface area contributed by atoms with E-state index in [2.05, 4.69) is 5.32 Å². The van der Waals surface area contributed by atoms with Crippen LogP contribution in [0.3, 0.4) is 0 Å². The third kappa shape index (κ3) is 5.59. The predicted octanol–water partition coefficient (Wildman–Crippen LogP) is 2.35. The lowest BCUT2D eigenvalue weighted by molar-refractivity contribution is -0.384. The molecule has 0 spiro atoms. The number of ether oxygens (including phenoxy) is 1. The summed E-state index contributed by atoms with van der Waals surface area (Å²) in [5.74, 6) is -0.229. The van der Waals surface area contributed by atoms with Crippen molar-refractivity contribution in [3.63, 3.8) is 0 Å². The molecule has 25 heavy (non-hydrogen) atoms. The van der Waals surface area contributed by atoms with Gasteiger partial charge in [0.05, 0.1) is 11.5 Å². The third-order valence-corrected chi connectivity index (χ3v) is 3.90. The first kappa shape index (κ1) is 18.4. The van der Waals surface area contributed by atoms with Gasteiger partial charge >= 0.3 is 6.09 Å². The number of nitro groups is 1. The Hall–Kier alpha value is -2.90. The van der Waals surface area contributed by atoms with Crippen LogP contribution in [0.15, 0.2) is 30.3 Å². The second-order valence-electron chi connectivity index (χ2n) is 5.65. The number of hydrogen-bond donors (Lipinski definition) is 1. The molecule has 1 heterocycles. The Kier molecular flexibility index (Phi) is 6.50. The summed E-state index contributed by atoms with van der Waals surface area (Å²) in [5.41, 5.74) is 0.716. The van der Waals surface area contributed by atoms with Crippen LogP contribution in [0, 0.1) is 10.1 Å². The molecule has 0 bridgehead atoms. The summed E-state index contributed by atoms with van der Waals surface area (Å²) in [6, 6.07) is 5.96. The van der Waals surface area contributed by atoms with Gasteiger partial charge in [0, 0.05) is 37.3 Å². The predicted molar refractivity (Wildman–Crippen MR) is 91.9 cm³/mol. The molecule has 0 atom stereocenters. The Balaban J connectivity index is 1.79. The van der Waals surface area contributed by atoms with Crippen LogP contribution in [-0.4, -0.2) is 47.6 Å². The Morgan fingerprint density at radius 1 is 1.32 bits per heavy atom. The average molecular weight is 347 g/mol. The summed E-state index contributed by atoms with van der Waals surface area (Å²) in [6.45, 7) is 3.22. The molecule has 8 heteroatoms. The normalized spacial score (nSPS) is 15.2. The number of nitrogens with zero attached hydrogens (tertiary/aromatic N) is 2. The summed E-state index contributed by atoms with van der Waals surface area (Å²) in [6.07, 6.45) is 4.04. The topological polar surface area (TPSA) is 102 Å². The van der Waals surface area contributed by atoms with E-state index in [-0.39, 0.29) is 23.7 Å². The lowest BCUT2D eigenvalue weighted by atomic mass is 10.1. The van der Waals surface area contributed by atoms with Gasteiger partial charge in [0.1, 0.15) is 0 Å². The lowest BCUT2D eigenvalue weighted by Gasteiger charge is -2.31. The van der Waals surface area contributed by atoms with Gasteiger partial charge in [-0.15, -0.1) is 0 Å². The van der Waals surface area contributed by atoms with Gasteiger partial charge in [0.2, 0.25) is 5.91 Å². The second-order valence-corrected chi connectivity index (χ2v) is 5.65. The number of likely N-dealkylation sites (tertiary alicyclic amines) is 1. The van der Waals surface area contributed by atoms with E-state index in [0.29, 0.717) is 38.1 Å². The Bertz CT molecular complexity index is 649. The molecule has 1 aliphatic rings. The molecule has 1 N–H and O–H groups in total. The summed E-state index contributed by atoms with van der Waals surface area (Å²) in [7, 11) is 0. The molecular weight excluding hydrogens is 326 g/mol. The van der Waals surface area contributed by atoms with E-state index in [1.807, 2.05) is 0 Å². The summed E-state index contributed by atoms with van der Waals surface area (Å²) in [5, 5.41) is 13.5. The smallest absolute Gasteiger partial charge is 0.409 e. The van der Waals surface area contributed by atoms with Crippen molar-refractivity contribution >= 4 is 23.8 Å². The van der Waals surface area contributed by atoms with Crippen LogP contribution in [0.4, 0.5) is 10.5 Å². The fraction of sp³-hybridized carbons (Fsp3) is 0.412. The van der Waals surface area contributed by atoms with Crippen molar-refractivity contribution in [2.45, 2.75) is 25.8 Å². The van der Waals surface area contributed by atoms with Crippen LogP contribution in [0.5, 0.6) is 0 Å². The van der Waals surface area contributed by atoms with Crippen molar-refractivity contribution < 1.29 is 19.2 Å². The number of hydrogen-bond acceptors (Lipinski definition) is 5. The Morgan fingerprint density at radius 2 is 1.96 bits per heavy atom. The molecule has 134 valence electrons. The van der Waals surface area contributed by atoms with Crippen LogP contribution >= 0.6 is 0 Å². The number of non-ortho nitro benzene ring substituents is 1. The minimum Gasteiger partial charge on any atom is -0.450 e. The molecule has 2 rings (SSSR count). The number of carbonyl (C=O) groups excluding carboxylic acids is 2. The van der Waals surface area contributed by atoms with Crippen LogP contribution in [0.2, 0.25) is 0 Å². The third-order valence-electron chi connectivity index (χ3n) is 3.90. The fourth-order valence-electron chi connectivity index (χ4n) is 2.55. The molecule has 0 saturated carbocycles. The van der Waals surface area contributed by atoms with E-state index in [0.717, 1.165) is 0 Å². The number of nitro benzene ring substituents is 1. The van der Waals surface area contributed by atoms with Gasteiger partial charge in [0.25, 0.3) is 5.69 Å².